The van der Waals surface area contributed by atoms with E-state index in [1.165, 1.54) is 0 Å². The summed E-state index contributed by atoms with van der Waals surface area (Å²) in [6.07, 6.45) is 2.11. The molecule has 1 atom stereocenters. The quantitative estimate of drug-likeness (QED) is 0.601. The number of carbonyl (C=O) groups is 1. The molecule has 2 heterocycles. The number of anilines is 1. The van der Waals surface area contributed by atoms with E-state index < -0.39 is 6.04 Å². The minimum Gasteiger partial charge on any atom is -0.494 e. The third-order valence-corrected chi connectivity index (χ3v) is 6.02. The van der Waals surface area contributed by atoms with Gasteiger partial charge in [-0.1, -0.05) is 12.1 Å². The Kier molecular flexibility index (Phi) is 5.50. The number of hydrogen-bond donors (Lipinski definition) is 1. The summed E-state index contributed by atoms with van der Waals surface area (Å²) in [6.45, 7) is 2.56. The molecule has 0 radical (unpaired) electrons. The molecular formula is C25H26N4O4. The van der Waals surface area contributed by atoms with Gasteiger partial charge in [0.2, 0.25) is 5.95 Å². The van der Waals surface area contributed by atoms with Crippen LogP contribution in [0, 0.1) is 0 Å². The molecule has 0 amide bonds. The lowest BCUT2D eigenvalue weighted by atomic mass is 9.85. The molecule has 8 heteroatoms. The van der Waals surface area contributed by atoms with Crippen molar-refractivity contribution < 1.29 is 19.0 Å². The molecule has 1 unspecified atom stereocenters. The molecule has 0 fully saturated rings. The van der Waals surface area contributed by atoms with E-state index in [1.807, 2.05) is 49.4 Å². The van der Waals surface area contributed by atoms with Crippen LogP contribution in [0.2, 0.25) is 0 Å². The fourth-order valence-electron chi connectivity index (χ4n) is 4.56. The Balaban J connectivity index is 1.65. The first-order valence-corrected chi connectivity index (χ1v) is 11.1. The predicted octanol–water partition coefficient (Wildman–Crippen LogP) is 4.38. The molecule has 3 aromatic rings. The Hall–Kier alpha value is -3.81. The molecule has 2 aromatic carbocycles. The molecule has 33 heavy (non-hydrogen) atoms. The first-order chi connectivity index (χ1) is 16.1. The van der Waals surface area contributed by atoms with Gasteiger partial charge in [0.15, 0.2) is 23.1 Å². The molecule has 0 bridgehead atoms. The maximum atomic E-state index is 13.1. The van der Waals surface area contributed by atoms with Crippen molar-refractivity contribution >= 4 is 11.7 Å². The summed E-state index contributed by atoms with van der Waals surface area (Å²) >= 11 is 0. The number of ether oxygens (including phenoxy) is 3. The fraction of sp³-hybridized carbons (Fsp3) is 0.320. The van der Waals surface area contributed by atoms with Crippen molar-refractivity contribution in [1.82, 2.24) is 14.8 Å². The van der Waals surface area contributed by atoms with E-state index in [0.717, 1.165) is 35.4 Å². The monoisotopic (exact) mass is 446 g/mol. The van der Waals surface area contributed by atoms with Gasteiger partial charge in [0.05, 0.1) is 20.8 Å². The average molecular weight is 447 g/mol. The van der Waals surface area contributed by atoms with E-state index in [0.29, 0.717) is 41.9 Å². The minimum atomic E-state index is -0.460. The number of nitrogens with one attached hydrogen (secondary N) is 1. The summed E-state index contributed by atoms with van der Waals surface area (Å²) in [4.78, 5) is 17.9. The molecule has 1 aliphatic heterocycles. The van der Waals surface area contributed by atoms with Crippen LogP contribution < -0.4 is 19.5 Å². The summed E-state index contributed by atoms with van der Waals surface area (Å²) in [6, 6.07) is 12.9. The summed E-state index contributed by atoms with van der Waals surface area (Å²) < 4.78 is 18.6. The standard InChI is InChI=1S/C25H26N4O4/c1-4-33-16-13-11-15(12-14-16)24-27-25-26-18-8-6-9-19(30)21(18)22(29(25)28-24)17-7-5-10-20(31-2)23(17)32-3/h5,7,10-14,22H,4,6,8-9H2,1-3H3,(H,26,27,28). The van der Waals surface area contributed by atoms with Gasteiger partial charge >= 0.3 is 0 Å². The van der Waals surface area contributed by atoms with Crippen molar-refractivity contribution in [2.24, 2.45) is 0 Å². The van der Waals surface area contributed by atoms with Crippen molar-refractivity contribution in [3.05, 3.63) is 59.3 Å². The van der Waals surface area contributed by atoms with Gasteiger partial charge in [-0.15, -0.1) is 5.10 Å². The van der Waals surface area contributed by atoms with Crippen LogP contribution in [0.5, 0.6) is 17.2 Å². The molecule has 1 aliphatic carbocycles. The SMILES string of the molecule is CCOc1ccc(-c2nc3n(n2)C(c2cccc(OC)c2OC)C2=C(CCCC2=O)N3)cc1. The number of Topliss-reactive ketones (excluding diaryl/α,β-unsaturated/α-hetero) is 1. The van der Waals surface area contributed by atoms with Crippen LogP contribution in [0.15, 0.2) is 53.7 Å². The highest BCUT2D eigenvalue weighted by molar-refractivity contribution is 5.99. The minimum absolute atomic E-state index is 0.113. The highest BCUT2D eigenvalue weighted by Crippen LogP contribution is 2.45. The zero-order valence-electron chi connectivity index (χ0n) is 18.9. The highest BCUT2D eigenvalue weighted by Gasteiger charge is 2.38. The lowest BCUT2D eigenvalue weighted by molar-refractivity contribution is -0.116. The Morgan fingerprint density at radius 2 is 1.91 bits per heavy atom. The van der Waals surface area contributed by atoms with Crippen LogP contribution >= 0.6 is 0 Å². The number of aromatic nitrogens is 3. The molecule has 2 aliphatic rings. The van der Waals surface area contributed by atoms with Crippen molar-refractivity contribution in [3.8, 4) is 28.6 Å². The second-order valence-corrected chi connectivity index (χ2v) is 7.94. The third kappa shape index (κ3) is 3.61. The van der Waals surface area contributed by atoms with Gasteiger partial charge in [-0.05, 0) is 50.1 Å². The number of para-hydroxylation sites is 1. The number of rotatable bonds is 6. The van der Waals surface area contributed by atoms with Crippen molar-refractivity contribution in [2.45, 2.75) is 32.2 Å². The Bertz CT molecular complexity index is 1230. The summed E-state index contributed by atoms with van der Waals surface area (Å²) in [5.41, 5.74) is 3.29. The Morgan fingerprint density at radius 3 is 2.64 bits per heavy atom. The van der Waals surface area contributed by atoms with Crippen LogP contribution in [0.25, 0.3) is 11.4 Å². The molecule has 1 N–H and O–H groups in total. The smallest absolute Gasteiger partial charge is 0.226 e. The summed E-state index contributed by atoms with van der Waals surface area (Å²) in [5, 5.41) is 8.20. The maximum absolute atomic E-state index is 13.1. The fourth-order valence-corrected chi connectivity index (χ4v) is 4.56. The summed E-state index contributed by atoms with van der Waals surface area (Å²) in [7, 11) is 3.21. The Morgan fingerprint density at radius 1 is 1.09 bits per heavy atom. The number of methoxy groups -OCH3 is 2. The van der Waals surface area contributed by atoms with Crippen LogP contribution in [-0.2, 0) is 4.79 Å². The normalized spacial score (nSPS) is 17.2. The van der Waals surface area contributed by atoms with Crippen LogP contribution in [0.1, 0.15) is 37.8 Å². The lowest BCUT2D eigenvalue weighted by Crippen LogP contribution is -2.31. The van der Waals surface area contributed by atoms with E-state index in [2.05, 4.69) is 5.32 Å². The number of allylic oxidation sites excluding steroid dienone is 2. The molecular weight excluding hydrogens is 420 g/mol. The third-order valence-electron chi connectivity index (χ3n) is 6.02. The number of benzene rings is 2. The first kappa shape index (κ1) is 21.1. The largest absolute Gasteiger partial charge is 0.494 e. The van der Waals surface area contributed by atoms with Gasteiger partial charge in [-0.2, -0.15) is 4.98 Å². The molecule has 0 saturated carbocycles. The topological polar surface area (TPSA) is 87.5 Å². The number of nitrogens with zero attached hydrogens (tertiary/aromatic N) is 3. The second kappa shape index (κ2) is 8.61. The lowest BCUT2D eigenvalue weighted by Gasteiger charge is -2.32. The first-order valence-electron chi connectivity index (χ1n) is 11.1. The van der Waals surface area contributed by atoms with Crippen molar-refractivity contribution in [3.63, 3.8) is 0 Å². The van der Waals surface area contributed by atoms with Crippen molar-refractivity contribution in [2.75, 3.05) is 26.1 Å². The number of carbonyl (C=O) groups excluding carboxylic acids is 1. The summed E-state index contributed by atoms with van der Waals surface area (Å²) in [5.74, 6) is 3.27. The Labute approximate surface area is 192 Å². The van der Waals surface area contributed by atoms with Gasteiger partial charge < -0.3 is 19.5 Å². The van der Waals surface area contributed by atoms with Gasteiger partial charge in [-0.25, -0.2) is 4.68 Å². The number of fused-ring (bicyclic) bond motifs is 1. The number of ketones is 1. The molecule has 8 nitrogen and oxygen atoms in total. The molecule has 1 aromatic heterocycles. The van der Waals surface area contributed by atoms with E-state index in [-0.39, 0.29) is 5.78 Å². The van der Waals surface area contributed by atoms with Gasteiger partial charge in [-0.3, -0.25) is 4.79 Å². The van der Waals surface area contributed by atoms with Gasteiger partial charge in [0.25, 0.3) is 0 Å². The molecule has 0 saturated heterocycles. The van der Waals surface area contributed by atoms with E-state index in [1.54, 1.807) is 18.9 Å². The van der Waals surface area contributed by atoms with Crippen molar-refractivity contribution in [1.29, 1.82) is 0 Å². The zero-order valence-corrected chi connectivity index (χ0v) is 18.9. The van der Waals surface area contributed by atoms with Crippen LogP contribution in [-0.4, -0.2) is 41.4 Å². The van der Waals surface area contributed by atoms with E-state index in [9.17, 15) is 4.79 Å². The van der Waals surface area contributed by atoms with Gasteiger partial charge in [0, 0.05) is 28.8 Å². The number of hydrogen-bond acceptors (Lipinski definition) is 7. The highest BCUT2D eigenvalue weighted by atomic mass is 16.5. The predicted molar refractivity (Wildman–Crippen MR) is 124 cm³/mol. The van der Waals surface area contributed by atoms with E-state index in [4.69, 9.17) is 24.3 Å². The molecule has 5 rings (SSSR count). The maximum Gasteiger partial charge on any atom is 0.226 e. The van der Waals surface area contributed by atoms with Gasteiger partial charge in [0.1, 0.15) is 11.8 Å². The molecule has 170 valence electrons. The average Bonchev–Trinajstić information content (AvgIpc) is 3.26. The molecule has 0 spiro atoms. The van der Waals surface area contributed by atoms with Crippen LogP contribution in [0.3, 0.4) is 0 Å². The second-order valence-electron chi connectivity index (χ2n) is 7.94. The van der Waals surface area contributed by atoms with E-state index >= 15 is 0 Å². The zero-order chi connectivity index (χ0) is 22.9. The van der Waals surface area contributed by atoms with Crippen LogP contribution in [0.4, 0.5) is 5.95 Å².